The van der Waals surface area contributed by atoms with E-state index >= 15 is 0 Å². The van der Waals surface area contributed by atoms with Crippen LogP contribution in [0.2, 0.25) is 0 Å². The molecular formula is C30H18F4N2O4. The second kappa shape index (κ2) is 13.4. The van der Waals surface area contributed by atoms with Gasteiger partial charge >= 0.3 is 11.9 Å². The number of nitriles is 2. The van der Waals surface area contributed by atoms with E-state index in [2.05, 4.69) is 6.58 Å². The van der Waals surface area contributed by atoms with Crippen molar-refractivity contribution in [1.29, 1.82) is 10.5 Å². The first-order valence-corrected chi connectivity index (χ1v) is 11.4. The molecule has 0 unspecified atom stereocenters. The highest BCUT2D eigenvalue weighted by Crippen LogP contribution is 2.22. The number of carbonyl (C=O) groups is 2. The summed E-state index contributed by atoms with van der Waals surface area (Å²) in [7, 11) is 0. The molecule has 40 heavy (non-hydrogen) atoms. The maximum absolute atomic E-state index is 13.7. The largest absolute Gasteiger partial charge is 0.423 e. The van der Waals surface area contributed by atoms with Gasteiger partial charge < -0.3 is 9.47 Å². The molecule has 3 aromatic rings. The Morgan fingerprint density at radius 1 is 0.850 bits per heavy atom. The molecule has 0 radical (unpaired) electrons. The Bertz CT molecular complexity index is 1570. The molecule has 0 N–H and O–H groups in total. The lowest BCUT2D eigenvalue weighted by molar-refractivity contribution is 0.0635. The van der Waals surface area contributed by atoms with E-state index in [0.717, 1.165) is 29.3 Å². The zero-order valence-corrected chi connectivity index (χ0v) is 20.6. The molecule has 10 heteroatoms. The highest BCUT2D eigenvalue weighted by atomic mass is 19.1. The lowest BCUT2D eigenvalue weighted by Crippen LogP contribution is -2.09. The Kier molecular flexibility index (Phi) is 9.71. The van der Waals surface area contributed by atoms with E-state index < -0.39 is 53.0 Å². The Morgan fingerprint density at radius 3 is 1.85 bits per heavy atom. The number of ether oxygens (including phenoxy) is 2. The number of rotatable bonds is 9. The topological polar surface area (TPSA) is 100 Å². The summed E-state index contributed by atoms with van der Waals surface area (Å²) in [5, 5.41) is 17.3. The molecule has 0 aromatic heterocycles. The molecular weight excluding hydrogens is 528 g/mol. The van der Waals surface area contributed by atoms with Crippen LogP contribution in [0, 0.1) is 34.3 Å². The van der Waals surface area contributed by atoms with Crippen molar-refractivity contribution in [2.45, 2.75) is 12.8 Å². The monoisotopic (exact) mass is 546 g/mol. The second-order valence-corrected chi connectivity index (χ2v) is 8.14. The van der Waals surface area contributed by atoms with Crippen molar-refractivity contribution >= 4 is 11.9 Å². The average molecular weight is 546 g/mol. The number of nitrogens with zero attached hydrogens (tertiary/aromatic N) is 2. The molecule has 0 aliphatic rings. The molecule has 0 fully saturated rings. The van der Waals surface area contributed by atoms with Crippen LogP contribution in [0.5, 0.6) is 5.75 Å². The Labute approximate surface area is 226 Å². The van der Waals surface area contributed by atoms with Crippen molar-refractivity contribution in [2.24, 2.45) is 0 Å². The predicted octanol–water partition coefficient (Wildman–Crippen LogP) is 6.94. The molecule has 0 saturated heterocycles. The maximum Gasteiger partial charge on any atom is 0.343 e. The van der Waals surface area contributed by atoms with Crippen LogP contribution in [0.1, 0.15) is 43.8 Å². The third-order valence-corrected chi connectivity index (χ3v) is 5.18. The van der Waals surface area contributed by atoms with E-state index in [4.69, 9.17) is 20.0 Å². The Hall–Kier alpha value is -5.48. The van der Waals surface area contributed by atoms with Gasteiger partial charge in [-0.25, -0.2) is 27.2 Å². The zero-order valence-electron chi connectivity index (χ0n) is 20.6. The summed E-state index contributed by atoms with van der Waals surface area (Å²) in [6.07, 6.45) is 1.26. The molecule has 0 aliphatic carbocycles. The molecule has 3 aromatic carbocycles. The minimum Gasteiger partial charge on any atom is -0.423 e. The first-order chi connectivity index (χ1) is 19.1. The van der Waals surface area contributed by atoms with Crippen molar-refractivity contribution in [1.82, 2.24) is 0 Å². The molecule has 0 atom stereocenters. The van der Waals surface area contributed by atoms with Crippen molar-refractivity contribution in [2.75, 3.05) is 0 Å². The fourth-order valence-electron chi connectivity index (χ4n) is 3.34. The molecule has 0 amide bonds. The predicted molar refractivity (Wildman–Crippen MR) is 135 cm³/mol. The van der Waals surface area contributed by atoms with E-state index in [-0.39, 0.29) is 16.9 Å². The van der Waals surface area contributed by atoms with Crippen LogP contribution < -0.4 is 4.74 Å². The summed E-state index contributed by atoms with van der Waals surface area (Å²) in [5.74, 6) is -6.78. The van der Waals surface area contributed by atoms with Gasteiger partial charge in [0.15, 0.2) is 0 Å². The van der Waals surface area contributed by atoms with Crippen LogP contribution in [0.25, 0.3) is 0 Å². The number of carbonyl (C=O) groups excluding carboxylic acids is 2. The minimum atomic E-state index is -1.15. The van der Waals surface area contributed by atoms with Crippen molar-refractivity contribution < 1.29 is 36.6 Å². The number of allylic oxidation sites excluding steroid dienone is 4. The first-order valence-electron chi connectivity index (χ1n) is 11.4. The lowest BCUT2D eigenvalue weighted by Gasteiger charge is -2.08. The van der Waals surface area contributed by atoms with E-state index in [1.165, 1.54) is 30.3 Å². The molecule has 0 spiro atoms. The van der Waals surface area contributed by atoms with E-state index in [9.17, 15) is 27.2 Å². The molecule has 0 bridgehead atoms. The smallest absolute Gasteiger partial charge is 0.343 e. The minimum absolute atomic E-state index is 0.0991. The molecule has 6 nitrogen and oxygen atoms in total. The fraction of sp³-hybridized carbons (Fsp3) is 0.0667. The summed E-state index contributed by atoms with van der Waals surface area (Å²) >= 11 is 0. The molecule has 200 valence electrons. The number of hydrogen-bond acceptors (Lipinski definition) is 6. The van der Waals surface area contributed by atoms with E-state index in [1.807, 2.05) is 0 Å². The quantitative estimate of drug-likeness (QED) is 0.0948. The Balaban J connectivity index is 1.64. The first kappa shape index (κ1) is 29.1. The van der Waals surface area contributed by atoms with Crippen molar-refractivity contribution in [3.8, 4) is 17.9 Å². The highest BCUT2D eigenvalue weighted by Gasteiger charge is 2.15. The van der Waals surface area contributed by atoms with Crippen molar-refractivity contribution in [3.63, 3.8) is 0 Å². The lowest BCUT2D eigenvalue weighted by atomic mass is 10.0. The van der Waals surface area contributed by atoms with Gasteiger partial charge in [0.2, 0.25) is 0 Å². The molecule has 0 aliphatic heterocycles. The molecule has 0 heterocycles. The number of halogens is 4. The number of benzene rings is 3. The van der Waals surface area contributed by atoms with Gasteiger partial charge in [-0.15, -0.1) is 0 Å². The van der Waals surface area contributed by atoms with Crippen LogP contribution in [0.4, 0.5) is 17.6 Å². The molecule has 0 saturated carbocycles. The third kappa shape index (κ3) is 8.01. The standard InChI is InChI=1S/C30H18F4N2O4/c1-18(31)12-24(14-23(32)10-11-35)39-29(37)21-6-2-19(3-7-21)13-20-4-8-22(9-5-20)30(38)40-25-15-27(33)26(17-36)28(34)16-25/h2-9,12,14-16H,1,10,13H2/b23-14+,24-12+. The summed E-state index contributed by atoms with van der Waals surface area (Å²) < 4.78 is 64.3. The third-order valence-electron chi connectivity index (χ3n) is 5.18. The van der Waals surface area contributed by atoms with Gasteiger partial charge in [0, 0.05) is 24.3 Å². The zero-order chi connectivity index (χ0) is 29.2. The van der Waals surface area contributed by atoms with Crippen LogP contribution in [0.3, 0.4) is 0 Å². The van der Waals surface area contributed by atoms with E-state index in [1.54, 1.807) is 30.3 Å². The van der Waals surface area contributed by atoms with Gasteiger partial charge in [-0.1, -0.05) is 30.8 Å². The van der Waals surface area contributed by atoms with Gasteiger partial charge in [-0.3, -0.25) is 0 Å². The van der Waals surface area contributed by atoms with Gasteiger partial charge in [0.1, 0.15) is 46.4 Å². The summed E-state index contributed by atoms with van der Waals surface area (Å²) in [4.78, 5) is 24.8. The summed E-state index contributed by atoms with van der Waals surface area (Å²) in [6.45, 7) is 3.01. The van der Waals surface area contributed by atoms with Crippen LogP contribution >= 0.6 is 0 Å². The van der Waals surface area contributed by atoms with Crippen LogP contribution in [0.15, 0.2) is 96.8 Å². The number of hydrogen-bond donors (Lipinski definition) is 0. The summed E-state index contributed by atoms with van der Waals surface area (Å²) in [5.41, 5.74) is 1.00. The maximum atomic E-state index is 13.7. The summed E-state index contributed by atoms with van der Waals surface area (Å²) in [6, 6.07) is 16.8. The second-order valence-electron chi connectivity index (χ2n) is 8.14. The average Bonchev–Trinajstić information content (AvgIpc) is 2.89. The Morgan fingerprint density at radius 2 is 1.38 bits per heavy atom. The molecule has 3 rings (SSSR count). The van der Waals surface area contributed by atoms with Crippen LogP contribution in [-0.2, 0) is 11.2 Å². The van der Waals surface area contributed by atoms with Gasteiger partial charge in [0.25, 0.3) is 0 Å². The highest BCUT2D eigenvalue weighted by molar-refractivity contribution is 5.91. The van der Waals surface area contributed by atoms with E-state index in [0.29, 0.717) is 12.5 Å². The SMILES string of the molecule is C=C(F)/C=C(\C=C(\F)CC#N)OC(=O)c1ccc(Cc2ccc(C(=O)Oc3cc(F)c(C#N)c(F)c3)cc2)cc1. The van der Waals surface area contributed by atoms with Gasteiger partial charge in [-0.05, 0) is 41.8 Å². The van der Waals surface area contributed by atoms with Gasteiger partial charge in [0.05, 0.1) is 23.6 Å². The number of esters is 2. The van der Waals surface area contributed by atoms with Gasteiger partial charge in [-0.2, -0.15) is 10.5 Å². The van der Waals surface area contributed by atoms with Crippen LogP contribution in [-0.4, -0.2) is 11.9 Å². The normalized spacial score (nSPS) is 11.2. The van der Waals surface area contributed by atoms with Crippen molar-refractivity contribution in [3.05, 3.63) is 136 Å². The fourth-order valence-corrected chi connectivity index (χ4v) is 3.34.